The number of anilines is 1. The molecule has 19 heavy (non-hydrogen) atoms. The summed E-state index contributed by atoms with van der Waals surface area (Å²) in [5.41, 5.74) is 10.2. The molecule has 0 saturated carbocycles. The molecule has 0 amide bonds. The second-order valence-corrected chi connectivity index (χ2v) is 4.55. The quantitative estimate of drug-likeness (QED) is 0.675. The summed E-state index contributed by atoms with van der Waals surface area (Å²) in [6.07, 6.45) is 2.46. The first kappa shape index (κ1) is 13.1. The minimum atomic E-state index is 0.380. The van der Waals surface area contributed by atoms with Gasteiger partial charge in [-0.05, 0) is 19.4 Å². The van der Waals surface area contributed by atoms with Gasteiger partial charge in [0.05, 0.1) is 12.1 Å². The van der Waals surface area contributed by atoms with Crippen LogP contribution in [0.3, 0.4) is 0 Å². The number of nitrogen functional groups attached to an aromatic ring is 1. The van der Waals surface area contributed by atoms with Crippen LogP contribution in [-0.2, 0) is 6.54 Å². The maximum absolute atomic E-state index is 11.3. The number of nitrogens with two attached hydrogens (primary N) is 1. The highest BCUT2D eigenvalue weighted by Gasteiger charge is 2.17. The van der Waals surface area contributed by atoms with Crippen molar-refractivity contribution in [3.63, 3.8) is 0 Å². The molecule has 1 heterocycles. The van der Waals surface area contributed by atoms with E-state index < -0.39 is 0 Å². The Morgan fingerprint density at radius 1 is 1.42 bits per heavy atom. The Balaban J connectivity index is 2.64. The summed E-state index contributed by atoms with van der Waals surface area (Å²) >= 11 is 0. The van der Waals surface area contributed by atoms with Gasteiger partial charge in [-0.25, -0.2) is 4.68 Å². The summed E-state index contributed by atoms with van der Waals surface area (Å²) in [5, 5.41) is 4.42. The van der Waals surface area contributed by atoms with Crippen LogP contribution in [0.5, 0.6) is 0 Å². The number of carbonyl (C=O) groups is 1. The molecule has 2 aromatic rings. The predicted molar refractivity (Wildman–Crippen MR) is 77.1 cm³/mol. The molecule has 0 saturated heterocycles. The number of rotatable bonds is 4. The summed E-state index contributed by atoms with van der Waals surface area (Å²) < 4.78 is 1.59. The van der Waals surface area contributed by atoms with Crippen LogP contribution in [0.1, 0.15) is 21.5 Å². The van der Waals surface area contributed by atoms with E-state index in [1.165, 1.54) is 5.56 Å². The van der Waals surface area contributed by atoms with Crippen molar-refractivity contribution in [3.05, 3.63) is 47.5 Å². The van der Waals surface area contributed by atoms with Crippen molar-refractivity contribution in [1.82, 2.24) is 9.78 Å². The van der Waals surface area contributed by atoms with E-state index in [1.807, 2.05) is 26.0 Å². The molecule has 0 fully saturated rings. The van der Waals surface area contributed by atoms with Crippen molar-refractivity contribution >= 4 is 12.1 Å². The summed E-state index contributed by atoms with van der Waals surface area (Å²) in [6, 6.07) is 6.03. The van der Waals surface area contributed by atoms with Gasteiger partial charge in [-0.3, -0.25) is 4.79 Å². The second-order valence-electron chi connectivity index (χ2n) is 4.55. The van der Waals surface area contributed by atoms with Crippen LogP contribution in [0.4, 0.5) is 5.82 Å². The van der Waals surface area contributed by atoms with E-state index >= 15 is 0 Å². The van der Waals surface area contributed by atoms with Gasteiger partial charge in [0.15, 0.2) is 6.29 Å². The van der Waals surface area contributed by atoms with Crippen LogP contribution in [-0.4, -0.2) is 16.1 Å². The first-order valence-corrected chi connectivity index (χ1v) is 6.08. The zero-order chi connectivity index (χ0) is 14.0. The minimum Gasteiger partial charge on any atom is -0.383 e. The second kappa shape index (κ2) is 5.10. The number of nitrogens with zero attached hydrogens (tertiary/aromatic N) is 2. The number of hydrogen-bond donors (Lipinski definition) is 1. The van der Waals surface area contributed by atoms with Gasteiger partial charge in [0, 0.05) is 5.56 Å². The summed E-state index contributed by atoms with van der Waals surface area (Å²) in [5.74, 6) is 0.380. The monoisotopic (exact) mass is 255 g/mol. The van der Waals surface area contributed by atoms with Gasteiger partial charge in [-0.2, -0.15) is 5.10 Å². The highest BCUT2D eigenvalue weighted by molar-refractivity contribution is 5.92. The molecular formula is C15H17N3O. The van der Waals surface area contributed by atoms with Gasteiger partial charge in [0.2, 0.25) is 0 Å². The number of benzene rings is 1. The van der Waals surface area contributed by atoms with Crippen LogP contribution in [0.15, 0.2) is 30.9 Å². The zero-order valence-corrected chi connectivity index (χ0v) is 11.2. The molecule has 0 atom stereocenters. The van der Waals surface area contributed by atoms with E-state index in [2.05, 4.69) is 17.7 Å². The molecule has 0 unspecified atom stereocenters. The van der Waals surface area contributed by atoms with Crippen LogP contribution in [0.25, 0.3) is 11.3 Å². The maximum Gasteiger partial charge on any atom is 0.156 e. The van der Waals surface area contributed by atoms with Gasteiger partial charge in [-0.1, -0.05) is 29.8 Å². The normalized spacial score (nSPS) is 10.4. The van der Waals surface area contributed by atoms with Crippen LogP contribution in [0, 0.1) is 13.8 Å². The summed E-state index contributed by atoms with van der Waals surface area (Å²) in [6.45, 7) is 8.17. The van der Waals surface area contributed by atoms with Gasteiger partial charge in [0.25, 0.3) is 0 Å². The molecular weight excluding hydrogens is 238 g/mol. The first-order chi connectivity index (χ1) is 9.08. The third-order valence-corrected chi connectivity index (χ3v) is 3.09. The molecule has 4 heteroatoms. The van der Waals surface area contributed by atoms with Crippen LogP contribution >= 0.6 is 0 Å². The average Bonchev–Trinajstić information content (AvgIpc) is 2.67. The zero-order valence-electron chi connectivity index (χ0n) is 11.2. The Hall–Kier alpha value is -2.36. The van der Waals surface area contributed by atoms with Gasteiger partial charge in [0.1, 0.15) is 11.5 Å². The number of carbonyl (C=O) groups excluding carboxylic acids is 1. The highest BCUT2D eigenvalue weighted by Crippen LogP contribution is 2.28. The molecule has 1 aromatic carbocycles. The van der Waals surface area contributed by atoms with Crippen molar-refractivity contribution in [2.75, 3.05) is 5.73 Å². The van der Waals surface area contributed by atoms with E-state index in [9.17, 15) is 4.79 Å². The number of allylic oxidation sites excluding steroid dienone is 1. The van der Waals surface area contributed by atoms with Crippen molar-refractivity contribution in [3.8, 4) is 11.3 Å². The molecule has 4 nitrogen and oxygen atoms in total. The van der Waals surface area contributed by atoms with E-state index in [0.29, 0.717) is 23.6 Å². The van der Waals surface area contributed by atoms with Crippen molar-refractivity contribution in [1.29, 1.82) is 0 Å². The van der Waals surface area contributed by atoms with Gasteiger partial charge < -0.3 is 5.73 Å². The number of hydrogen-bond acceptors (Lipinski definition) is 3. The first-order valence-electron chi connectivity index (χ1n) is 6.08. The van der Waals surface area contributed by atoms with Gasteiger partial charge >= 0.3 is 0 Å². The molecule has 0 aliphatic heterocycles. The molecule has 2 rings (SSSR count). The third kappa shape index (κ3) is 2.29. The molecule has 0 radical (unpaired) electrons. The molecule has 0 aliphatic carbocycles. The standard InChI is InChI=1S/C15H17N3O/c1-4-7-18-15(16)13(9-19)14(17-18)12-6-5-10(2)8-11(12)3/h4-6,8-9H,1,7,16H2,2-3H3. The minimum absolute atomic E-state index is 0.380. The molecule has 0 aliphatic rings. The molecule has 0 spiro atoms. The lowest BCUT2D eigenvalue weighted by atomic mass is 10.0. The average molecular weight is 255 g/mol. The third-order valence-electron chi connectivity index (χ3n) is 3.09. The Morgan fingerprint density at radius 3 is 2.74 bits per heavy atom. The largest absolute Gasteiger partial charge is 0.383 e. The summed E-state index contributed by atoms with van der Waals surface area (Å²) in [4.78, 5) is 11.3. The molecule has 98 valence electrons. The lowest BCUT2D eigenvalue weighted by Crippen LogP contribution is -2.03. The molecule has 2 N–H and O–H groups in total. The van der Waals surface area contributed by atoms with Crippen molar-refractivity contribution in [2.45, 2.75) is 20.4 Å². The topological polar surface area (TPSA) is 60.9 Å². The number of aromatic nitrogens is 2. The summed E-state index contributed by atoms with van der Waals surface area (Å²) in [7, 11) is 0. The Morgan fingerprint density at radius 2 is 2.16 bits per heavy atom. The predicted octanol–water partition coefficient (Wildman–Crippen LogP) is 2.75. The highest BCUT2D eigenvalue weighted by atomic mass is 16.1. The van der Waals surface area contributed by atoms with E-state index in [0.717, 1.165) is 17.4 Å². The van der Waals surface area contributed by atoms with E-state index in [-0.39, 0.29) is 0 Å². The Kier molecular flexibility index (Phi) is 3.51. The fourth-order valence-electron chi connectivity index (χ4n) is 2.14. The van der Waals surface area contributed by atoms with E-state index in [1.54, 1.807) is 10.8 Å². The van der Waals surface area contributed by atoms with Crippen LogP contribution in [0.2, 0.25) is 0 Å². The number of aryl methyl sites for hydroxylation is 2. The smallest absolute Gasteiger partial charge is 0.156 e. The lowest BCUT2D eigenvalue weighted by Gasteiger charge is -2.04. The number of aldehydes is 1. The Labute approximate surface area is 112 Å². The van der Waals surface area contributed by atoms with Gasteiger partial charge in [-0.15, -0.1) is 6.58 Å². The van der Waals surface area contributed by atoms with Crippen molar-refractivity contribution in [2.24, 2.45) is 0 Å². The molecule has 0 bridgehead atoms. The SMILES string of the molecule is C=CCn1nc(-c2ccc(C)cc2C)c(C=O)c1N. The van der Waals surface area contributed by atoms with Crippen LogP contribution < -0.4 is 5.73 Å². The lowest BCUT2D eigenvalue weighted by molar-refractivity contribution is 0.112. The Bertz CT molecular complexity index is 641. The fraction of sp³-hybridized carbons (Fsp3) is 0.200. The van der Waals surface area contributed by atoms with Crippen molar-refractivity contribution < 1.29 is 4.79 Å². The van der Waals surface area contributed by atoms with E-state index in [4.69, 9.17) is 5.73 Å². The molecule has 1 aromatic heterocycles. The fourth-order valence-corrected chi connectivity index (χ4v) is 2.14. The maximum atomic E-state index is 11.3.